The molecule has 1 fully saturated rings. The first-order chi connectivity index (χ1) is 10.7. The van der Waals surface area contributed by atoms with Gasteiger partial charge in [0.05, 0.1) is 11.3 Å². The Morgan fingerprint density at radius 1 is 1.30 bits per heavy atom. The van der Waals surface area contributed by atoms with Crippen LogP contribution in [0.3, 0.4) is 0 Å². The van der Waals surface area contributed by atoms with Crippen LogP contribution in [0.1, 0.15) is 43.9 Å². The fourth-order valence-electron chi connectivity index (χ4n) is 2.93. The Balaban J connectivity index is 0.00000192. The first-order valence-corrected chi connectivity index (χ1v) is 7.43. The lowest BCUT2D eigenvalue weighted by Gasteiger charge is -2.25. The van der Waals surface area contributed by atoms with E-state index in [1.807, 2.05) is 12.1 Å². The number of aromatic nitrogens is 1. The van der Waals surface area contributed by atoms with E-state index in [0.29, 0.717) is 16.8 Å². The molecule has 0 spiro atoms. The highest BCUT2D eigenvalue weighted by atomic mass is 16.3. The number of phenols is 1. The van der Waals surface area contributed by atoms with Crippen LogP contribution in [0.25, 0.3) is 11.3 Å². The third kappa shape index (κ3) is 3.27. The van der Waals surface area contributed by atoms with Gasteiger partial charge in [0.25, 0.3) is 0 Å². The molecule has 4 N–H and O–H groups in total. The number of benzene rings is 1. The van der Waals surface area contributed by atoms with Crippen molar-refractivity contribution >= 4 is 5.82 Å². The van der Waals surface area contributed by atoms with Gasteiger partial charge in [-0.2, -0.15) is 5.26 Å². The molecule has 2 aromatic rings. The number of rotatable bonds is 2. The van der Waals surface area contributed by atoms with E-state index >= 15 is 0 Å². The Labute approximate surface area is 136 Å². The highest BCUT2D eigenvalue weighted by Gasteiger charge is 2.22. The van der Waals surface area contributed by atoms with Crippen molar-refractivity contribution in [3.63, 3.8) is 0 Å². The summed E-state index contributed by atoms with van der Waals surface area (Å²) in [5, 5.41) is 22.9. The molecule has 0 radical (unpaired) electrons. The van der Waals surface area contributed by atoms with Crippen LogP contribution in [0.2, 0.25) is 0 Å². The van der Waals surface area contributed by atoms with Crippen LogP contribution in [-0.2, 0) is 0 Å². The van der Waals surface area contributed by atoms with Gasteiger partial charge in [-0.1, -0.05) is 26.0 Å². The first-order valence-electron chi connectivity index (χ1n) is 7.43. The van der Waals surface area contributed by atoms with E-state index in [1.165, 1.54) is 0 Å². The van der Waals surface area contributed by atoms with Gasteiger partial charge in [-0.15, -0.1) is 0 Å². The first kappa shape index (κ1) is 16.8. The summed E-state index contributed by atoms with van der Waals surface area (Å²) in [5.41, 5.74) is 8.50. The minimum Gasteiger partial charge on any atom is -0.507 e. The minimum absolute atomic E-state index is 0. The van der Waals surface area contributed by atoms with Crippen molar-refractivity contribution in [1.82, 2.24) is 10.3 Å². The van der Waals surface area contributed by atoms with Crippen molar-refractivity contribution < 1.29 is 5.11 Å². The van der Waals surface area contributed by atoms with Gasteiger partial charge in [0.15, 0.2) is 0 Å². The fourth-order valence-corrected chi connectivity index (χ4v) is 2.93. The molecular formula is C18H22N4O. The third-order valence-electron chi connectivity index (χ3n) is 4.06. The number of para-hydroxylation sites is 1. The molecule has 1 atom stereocenters. The van der Waals surface area contributed by atoms with Crippen LogP contribution >= 0.6 is 0 Å². The molecule has 5 nitrogen and oxygen atoms in total. The van der Waals surface area contributed by atoms with E-state index in [-0.39, 0.29) is 25.0 Å². The standard InChI is InChI=1S/C17H18N4O.CH4/c18-10-13-12(14-6-3-4-8-20-14)9-15(21-17(13)19)11-5-1-2-7-16(11)22;/h1-2,5,7,9,14,20,22H,3-4,6,8H2,(H2,19,21);1H4. The number of nitriles is 1. The summed E-state index contributed by atoms with van der Waals surface area (Å²) in [6.45, 7) is 0.934. The SMILES string of the molecule is C.N#Cc1c(C2CCCCN2)cc(-c2ccccc2O)nc1N. The molecule has 1 unspecified atom stereocenters. The third-order valence-corrected chi connectivity index (χ3v) is 4.06. The molecule has 1 aromatic heterocycles. The lowest BCUT2D eigenvalue weighted by Crippen LogP contribution is -2.27. The number of aromatic hydroxyl groups is 1. The van der Waals surface area contributed by atoms with Crippen LogP contribution in [0.15, 0.2) is 30.3 Å². The van der Waals surface area contributed by atoms with Gasteiger partial charge < -0.3 is 16.2 Å². The molecule has 0 bridgehead atoms. The number of piperidine rings is 1. The van der Waals surface area contributed by atoms with Crippen LogP contribution in [0, 0.1) is 11.3 Å². The predicted molar refractivity (Wildman–Crippen MR) is 91.8 cm³/mol. The van der Waals surface area contributed by atoms with Gasteiger partial charge in [0.2, 0.25) is 0 Å². The van der Waals surface area contributed by atoms with Gasteiger partial charge in [-0.25, -0.2) is 4.98 Å². The van der Waals surface area contributed by atoms with Crippen molar-refractivity contribution in [3.05, 3.63) is 41.5 Å². The number of phenolic OH excluding ortho intramolecular Hbond substituents is 1. The van der Waals surface area contributed by atoms with Crippen molar-refractivity contribution in [2.75, 3.05) is 12.3 Å². The normalized spacial score (nSPS) is 17.1. The lowest BCUT2D eigenvalue weighted by atomic mass is 9.93. The summed E-state index contributed by atoms with van der Waals surface area (Å²) in [4.78, 5) is 4.30. The maximum atomic E-state index is 10.0. The Morgan fingerprint density at radius 2 is 2.09 bits per heavy atom. The molecule has 1 aromatic carbocycles. The molecule has 0 amide bonds. The number of nitrogen functional groups attached to an aromatic ring is 1. The Kier molecular flexibility index (Phi) is 5.20. The number of nitrogens with zero attached hydrogens (tertiary/aromatic N) is 2. The average Bonchev–Trinajstić information content (AvgIpc) is 2.55. The van der Waals surface area contributed by atoms with Crippen molar-refractivity contribution in [1.29, 1.82) is 5.26 Å². The average molecular weight is 310 g/mol. The number of pyridine rings is 1. The molecular weight excluding hydrogens is 288 g/mol. The van der Waals surface area contributed by atoms with E-state index in [2.05, 4.69) is 16.4 Å². The molecule has 1 saturated heterocycles. The second-order valence-corrected chi connectivity index (χ2v) is 5.49. The number of nitrogens with one attached hydrogen (secondary N) is 1. The highest BCUT2D eigenvalue weighted by Crippen LogP contribution is 2.34. The van der Waals surface area contributed by atoms with Crippen LogP contribution < -0.4 is 11.1 Å². The summed E-state index contributed by atoms with van der Waals surface area (Å²) in [6.07, 6.45) is 3.24. The molecule has 23 heavy (non-hydrogen) atoms. The zero-order chi connectivity index (χ0) is 15.5. The molecule has 1 aliphatic rings. The van der Waals surface area contributed by atoms with Gasteiger partial charge >= 0.3 is 0 Å². The molecule has 2 heterocycles. The topological polar surface area (TPSA) is 95.0 Å². The monoisotopic (exact) mass is 310 g/mol. The lowest BCUT2D eigenvalue weighted by molar-refractivity contribution is 0.412. The van der Waals surface area contributed by atoms with Crippen LogP contribution in [0.5, 0.6) is 5.75 Å². The smallest absolute Gasteiger partial charge is 0.142 e. The van der Waals surface area contributed by atoms with E-state index in [0.717, 1.165) is 31.4 Å². The summed E-state index contributed by atoms with van der Waals surface area (Å²) in [6, 6.07) is 11.1. The second-order valence-electron chi connectivity index (χ2n) is 5.49. The van der Waals surface area contributed by atoms with E-state index in [9.17, 15) is 10.4 Å². The zero-order valence-corrected chi connectivity index (χ0v) is 12.2. The van der Waals surface area contributed by atoms with Crippen LogP contribution in [-0.4, -0.2) is 16.6 Å². The fraction of sp³-hybridized carbons (Fsp3) is 0.333. The Bertz CT molecular complexity index is 730. The highest BCUT2D eigenvalue weighted by molar-refractivity contribution is 5.71. The quantitative estimate of drug-likeness (QED) is 0.790. The molecule has 120 valence electrons. The molecule has 3 rings (SSSR count). The summed E-state index contributed by atoms with van der Waals surface area (Å²) >= 11 is 0. The number of anilines is 1. The van der Waals surface area contributed by atoms with E-state index in [1.54, 1.807) is 18.2 Å². The predicted octanol–water partition coefficient (Wildman–Crippen LogP) is 3.36. The number of hydrogen-bond donors (Lipinski definition) is 3. The molecule has 0 aliphatic carbocycles. The summed E-state index contributed by atoms with van der Waals surface area (Å²) < 4.78 is 0. The Hall–Kier alpha value is -2.58. The molecule has 0 saturated carbocycles. The van der Waals surface area contributed by atoms with Gasteiger partial charge in [0, 0.05) is 11.6 Å². The van der Waals surface area contributed by atoms with E-state index in [4.69, 9.17) is 5.73 Å². The van der Waals surface area contributed by atoms with Gasteiger partial charge in [-0.3, -0.25) is 0 Å². The largest absolute Gasteiger partial charge is 0.507 e. The van der Waals surface area contributed by atoms with Crippen molar-refractivity contribution in [2.45, 2.75) is 32.7 Å². The second kappa shape index (κ2) is 7.12. The molecule has 1 aliphatic heterocycles. The van der Waals surface area contributed by atoms with Crippen molar-refractivity contribution in [2.24, 2.45) is 0 Å². The van der Waals surface area contributed by atoms with Gasteiger partial charge in [-0.05, 0) is 43.1 Å². The Morgan fingerprint density at radius 3 is 2.74 bits per heavy atom. The summed E-state index contributed by atoms with van der Waals surface area (Å²) in [7, 11) is 0. The summed E-state index contributed by atoms with van der Waals surface area (Å²) in [5.74, 6) is 0.368. The van der Waals surface area contributed by atoms with Crippen molar-refractivity contribution in [3.8, 4) is 23.1 Å². The zero-order valence-electron chi connectivity index (χ0n) is 12.2. The number of hydrogen-bond acceptors (Lipinski definition) is 5. The van der Waals surface area contributed by atoms with E-state index < -0.39 is 0 Å². The molecule has 5 heteroatoms. The minimum atomic E-state index is 0. The van der Waals surface area contributed by atoms with Gasteiger partial charge in [0.1, 0.15) is 17.6 Å². The maximum absolute atomic E-state index is 10.0. The van der Waals surface area contributed by atoms with Crippen LogP contribution in [0.4, 0.5) is 5.82 Å². The number of nitrogens with two attached hydrogens (primary N) is 1. The maximum Gasteiger partial charge on any atom is 0.142 e.